The van der Waals surface area contributed by atoms with Gasteiger partial charge in [-0.05, 0) is 29.8 Å². The molecule has 2 aromatic rings. The molecule has 0 saturated heterocycles. The van der Waals surface area contributed by atoms with Crippen LogP contribution in [0.5, 0.6) is 5.75 Å². The SMILES string of the molecule is COc1ccc(NC(=O)CC(C(=O)O)N(CCO)Cc2ccccc2)cc1. The molecule has 27 heavy (non-hydrogen) atoms. The molecule has 1 amide bonds. The Labute approximate surface area is 158 Å². The van der Waals surface area contributed by atoms with Crippen molar-refractivity contribution in [1.82, 2.24) is 4.90 Å². The zero-order chi connectivity index (χ0) is 19.6. The Morgan fingerprint density at radius 3 is 2.33 bits per heavy atom. The van der Waals surface area contributed by atoms with Crippen molar-refractivity contribution >= 4 is 17.6 Å². The standard InChI is InChI=1S/C20H24N2O5/c1-27-17-9-7-16(8-10-17)21-19(24)13-18(20(25)26)22(11-12-23)14-15-5-3-2-4-6-15/h2-10,18,23H,11-14H2,1H3,(H,21,24)(H,25,26). The van der Waals surface area contributed by atoms with Crippen LogP contribution >= 0.6 is 0 Å². The van der Waals surface area contributed by atoms with Gasteiger partial charge in [0.15, 0.2) is 0 Å². The normalized spacial score (nSPS) is 11.8. The maximum atomic E-state index is 12.3. The van der Waals surface area contributed by atoms with E-state index in [4.69, 9.17) is 4.74 Å². The lowest BCUT2D eigenvalue weighted by molar-refractivity contribution is -0.145. The third-order valence-electron chi connectivity index (χ3n) is 4.09. The molecule has 7 heteroatoms. The summed E-state index contributed by atoms with van der Waals surface area (Å²) < 4.78 is 5.06. The molecule has 0 radical (unpaired) electrons. The number of benzene rings is 2. The lowest BCUT2D eigenvalue weighted by atomic mass is 10.1. The van der Waals surface area contributed by atoms with E-state index in [-0.39, 0.29) is 19.6 Å². The third kappa shape index (κ3) is 6.40. The summed E-state index contributed by atoms with van der Waals surface area (Å²) >= 11 is 0. The van der Waals surface area contributed by atoms with Gasteiger partial charge in [-0.1, -0.05) is 30.3 Å². The average Bonchev–Trinajstić information content (AvgIpc) is 2.67. The molecule has 3 N–H and O–H groups in total. The van der Waals surface area contributed by atoms with Gasteiger partial charge in [0.2, 0.25) is 5.91 Å². The molecule has 0 heterocycles. The number of carbonyl (C=O) groups is 2. The summed E-state index contributed by atoms with van der Waals surface area (Å²) in [5.41, 5.74) is 1.47. The second-order valence-electron chi connectivity index (χ2n) is 6.01. The Bertz CT molecular complexity index is 734. The molecule has 144 valence electrons. The zero-order valence-electron chi connectivity index (χ0n) is 15.2. The van der Waals surface area contributed by atoms with Crippen molar-refractivity contribution in [3.05, 3.63) is 60.2 Å². The number of aliphatic hydroxyl groups excluding tert-OH is 1. The molecule has 0 bridgehead atoms. The Morgan fingerprint density at radius 1 is 1.11 bits per heavy atom. The maximum Gasteiger partial charge on any atom is 0.321 e. The van der Waals surface area contributed by atoms with Crippen molar-refractivity contribution in [3.8, 4) is 5.75 Å². The minimum absolute atomic E-state index is 0.154. The summed E-state index contributed by atoms with van der Waals surface area (Å²) in [6.45, 7) is 0.284. The number of methoxy groups -OCH3 is 1. The van der Waals surface area contributed by atoms with Crippen LogP contribution in [-0.4, -0.2) is 53.3 Å². The van der Waals surface area contributed by atoms with Gasteiger partial charge in [-0.15, -0.1) is 0 Å². The minimum Gasteiger partial charge on any atom is -0.497 e. The number of rotatable bonds is 10. The first kappa shape index (κ1) is 20.4. The molecule has 0 spiro atoms. The number of nitrogens with zero attached hydrogens (tertiary/aromatic N) is 1. The van der Waals surface area contributed by atoms with Crippen molar-refractivity contribution in [2.24, 2.45) is 0 Å². The molecule has 0 aliphatic heterocycles. The van der Waals surface area contributed by atoms with Gasteiger partial charge in [-0.25, -0.2) is 0 Å². The first-order valence-electron chi connectivity index (χ1n) is 8.59. The molecule has 7 nitrogen and oxygen atoms in total. The largest absolute Gasteiger partial charge is 0.497 e. The van der Waals surface area contributed by atoms with Gasteiger partial charge < -0.3 is 20.3 Å². The van der Waals surface area contributed by atoms with Gasteiger partial charge in [0.1, 0.15) is 11.8 Å². The number of ether oxygens (including phenoxy) is 1. The van der Waals surface area contributed by atoms with E-state index in [9.17, 15) is 19.8 Å². The van der Waals surface area contributed by atoms with Gasteiger partial charge in [0.25, 0.3) is 0 Å². The topological polar surface area (TPSA) is 99.1 Å². The molecule has 0 aromatic heterocycles. The van der Waals surface area contributed by atoms with Gasteiger partial charge in [0, 0.05) is 18.8 Å². The Balaban J connectivity index is 2.06. The number of carbonyl (C=O) groups excluding carboxylic acids is 1. The highest BCUT2D eigenvalue weighted by Gasteiger charge is 2.28. The van der Waals surface area contributed by atoms with E-state index in [2.05, 4.69) is 5.32 Å². The molecule has 0 aliphatic rings. The molecular weight excluding hydrogens is 348 g/mol. The fourth-order valence-electron chi connectivity index (χ4n) is 2.73. The molecule has 1 unspecified atom stereocenters. The van der Waals surface area contributed by atoms with Crippen LogP contribution in [-0.2, 0) is 16.1 Å². The van der Waals surface area contributed by atoms with Crippen LogP contribution in [0.25, 0.3) is 0 Å². The van der Waals surface area contributed by atoms with Crippen LogP contribution < -0.4 is 10.1 Å². The zero-order valence-corrected chi connectivity index (χ0v) is 15.2. The summed E-state index contributed by atoms with van der Waals surface area (Å²) in [7, 11) is 1.55. The van der Waals surface area contributed by atoms with E-state index in [0.717, 1.165) is 5.56 Å². The van der Waals surface area contributed by atoms with Crippen LogP contribution in [0.3, 0.4) is 0 Å². The summed E-state index contributed by atoms with van der Waals surface area (Å²) in [5.74, 6) is -0.860. The minimum atomic E-state index is -1.11. The van der Waals surface area contributed by atoms with E-state index < -0.39 is 17.9 Å². The quantitative estimate of drug-likeness (QED) is 0.590. The number of anilines is 1. The third-order valence-corrected chi connectivity index (χ3v) is 4.09. The second kappa shape index (κ2) is 10.3. The Kier molecular flexibility index (Phi) is 7.79. The first-order chi connectivity index (χ1) is 13.0. The molecule has 0 saturated carbocycles. The van der Waals surface area contributed by atoms with Crippen molar-refractivity contribution < 1.29 is 24.5 Å². The summed E-state index contributed by atoms with van der Waals surface area (Å²) in [6.07, 6.45) is -0.228. The van der Waals surface area contributed by atoms with E-state index in [1.54, 1.807) is 36.3 Å². The predicted octanol–water partition coefficient (Wildman–Crippen LogP) is 1.97. The van der Waals surface area contributed by atoms with E-state index in [0.29, 0.717) is 18.0 Å². The van der Waals surface area contributed by atoms with E-state index in [1.807, 2.05) is 30.3 Å². The van der Waals surface area contributed by atoms with Crippen LogP contribution in [0.4, 0.5) is 5.69 Å². The van der Waals surface area contributed by atoms with E-state index >= 15 is 0 Å². The summed E-state index contributed by atoms with van der Waals surface area (Å²) in [4.78, 5) is 25.7. The van der Waals surface area contributed by atoms with Gasteiger partial charge in [-0.2, -0.15) is 0 Å². The fourth-order valence-corrected chi connectivity index (χ4v) is 2.73. The molecule has 2 rings (SSSR count). The second-order valence-corrected chi connectivity index (χ2v) is 6.01. The van der Waals surface area contributed by atoms with Gasteiger partial charge in [-0.3, -0.25) is 14.5 Å². The Morgan fingerprint density at radius 2 is 1.78 bits per heavy atom. The molecule has 0 aliphatic carbocycles. The van der Waals surface area contributed by atoms with Crippen LogP contribution in [0.2, 0.25) is 0 Å². The number of amides is 1. The molecule has 0 fully saturated rings. The number of nitrogens with one attached hydrogen (secondary N) is 1. The first-order valence-corrected chi connectivity index (χ1v) is 8.59. The summed E-state index contributed by atoms with van der Waals surface area (Å²) in [6, 6.07) is 15.1. The lowest BCUT2D eigenvalue weighted by Gasteiger charge is -2.28. The number of hydrogen-bond acceptors (Lipinski definition) is 5. The highest BCUT2D eigenvalue weighted by Crippen LogP contribution is 2.17. The maximum absolute atomic E-state index is 12.3. The molecule has 1 atom stereocenters. The van der Waals surface area contributed by atoms with Crippen LogP contribution in [0, 0.1) is 0 Å². The van der Waals surface area contributed by atoms with Crippen molar-refractivity contribution in [2.45, 2.75) is 19.0 Å². The van der Waals surface area contributed by atoms with Crippen LogP contribution in [0.15, 0.2) is 54.6 Å². The van der Waals surface area contributed by atoms with Crippen LogP contribution in [0.1, 0.15) is 12.0 Å². The molecular formula is C20H24N2O5. The molecule has 2 aromatic carbocycles. The fraction of sp³-hybridized carbons (Fsp3) is 0.300. The average molecular weight is 372 g/mol. The monoisotopic (exact) mass is 372 g/mol. The highest BCUT2D eigenvalue weighted by atomic mass is 16.5. The highest BCUT2D eigenvalue weighted by molar-refractivity contribution is 5.94. The summed E-state index contributed by atoms with van der Waals surface area (Å²) in [5, 5.41) is 21.6. The number of hydrogen-bond donors (Lipinski definition) is 3. The Hall–Kier alpha value is -2.90. The smallest absolute Gasteiger partial charge is 0.321 e. The predicted molar refractivity (Wildman–Crippen MR) is 102 cm³/mol. The number of aliphatic carboxylic acids is 1. The number of carboxylic acid groups (broad SMARTS) is 1. The van der Waals surface area contributed by atoms with E-state index in [1.165, 1.54) is 0 Å². The van der Waals surface area contributed by atoms with Crippen molar-refractivity contribution in [1.29, 1.82) is 0 Å². The lowest BCUT2D eigenvalue weighted by Crippen LogP contribution is -2.44. The van der Waals surface area contributed by atoms with Crippen molar-refractivity contribution in [2.75, 3.05) is 25.6 Å². The van der Waals surface area contributed by atoms with Gasteiger partial charge in [0.05, 0.1) is 20.1 Å². The van der Waals surface area contributed by atoms with Gasteiger partial charge >= 0.3 is 5.97 Å². The number of carboxylic acids is 1. The number of aliphatic hydroxyl groups is 1. The van der Waals surface area contributed by atoms with Crippen molar-refractivity contribution in [3.63, 3.8) is 0 Å².